The summed E-state index contributed by atoms with van der Waals surface area (Å²) in [5.74, 6) is -0.884. The monoisotopic (exact) mass is 268 g/mol. The maximum absolute atomic E-state index is 12.7. The molecule has 5 heteroatoms. The van der Waals surface area contributed by atoms with Gasteiger partial charge < -0.3 is 15.3 Å². The van der Waals surface area contributed by atoms with Crippen LogP contribution in [0.5, 0.6) is 0 Å². The van der Waals surface area contributed by atoms with Crippen LogP contribution >= 0.6 is 0 Å². The third-order valence-electron chi connectivity index (χ3n) is 4.65. The van der Waals surface area contributed by atoms with Crippen molar-refractivity contribution in [1.29, 1.82) is 0 Å². The molecule has 0 aromatic heterocycles. The van der Waals surface area contributed by atoms with Gasteiger partial charge in [0, 0.05) is 13.1 Å². The summed E-state index contributed by atoms with van der Waals surface area (Å²) in [7, 11) is 0. The Labute approximate surface area is 114 Å². The number of carbonyl (C=O) groups excluding carboxylic acids is 1. The Morgan fingerprint density at radius 2 is 1.95 bits per heavy atom. The van der Waals surface area contributed by atoms with Crippen molar-refractivity contribution in [2.24, 2.45) is 10.8 Å². The van der Waals surface area contributed by atoms with Crippen LogP contribution in [0.3, 0.4) is 0 Å². The average molecular weight is 268 g/mol. The summed E-state index contributed by atoms with van der Waals surface area (Å²) in [4.78, 5) is 26.0. The number of likely N-dealkylation sites (tertiary alicyclic amines) is 1. The van der Waals surface area contributed by atoms with E-state index in [0.717, 1.165) is 25.8 Å². The lowest BCUT2D eigenvalue weighted by Crippen LogP contribution is -2.59. The minimum atomic E-state index is -0.882. The van der Waals surface area contributed by atoms with Crippen LogP contribution < -0.4 is 5.32 Å². The van der Waals surface area contributed by atoms with Crippen molar-refractivity contribution in [2.45, 2.75) is 46.1 Å². The summed E-state index contributed by atoms with van der Waals surface area (Å²) in [5, 5.41) is 12.7. The van der Waals surface area contributed by atoms with Crippen LogP contribution in [-0.2, 0) is 9.59 Å². The van der Waals surface area contributed by atoms with Gasteiger partial charge in [0.05, 0.1) is 5.41 Å². The van der Waals surface area contributed by atoms with Crippen LogP contribution in [0.25, 0.3) is 0 Å². The van der Waals surface area contributed by atoms with E-state index in [1.165, 1.54) is 0 Å². The Morgan fingerprint density at radius 3 is 2.47 bits per heavy atom. The van der Waals surface area contributed by atoms with Crippen molar-refractivity contribution in [1.82, 2.24) is 10.2 Å². The lowest BCUT2D eigenvalue weighted by Gasteiger charge is -2.46. The van der Waals surface area contributed by atoms with Gasteiger partial charge in [0.1, 0.15) is 6.04 Å². The number of rotatable bonds is 2. The summed E-state index contributed by atoms with van der Waals surface area (Å²) in [6.07, 6.45) is 2.52. The molecule has 0 aliphatic carbocycles. The number of hydrogen-bond acceptors (Lipinski definition) is 3. The first-order chi connectivity index (χ1) is 8.78. The number of amides is 1. The standard InChI is InChI=1S/C14H24N2O3/c1-13(2)5-4-8-16(10(13)11(17)18)12(19)14(3)6-7-15-9-14/h10,15H,4-9H2,1-3H3,(H,17,18). The second kappa shape index (κ2) is 4.78. The quantitative estimate of drug-likeness (QED) is 0.786. The Hall–Kier alpha value is -1.10. The second-order valence-electron chi connectivity index (χ2n) is 6.82. The second-order valence-corrected chi connectivity index (χ2v) is 6.82. The van der Waals surface area contributed by atoms with E-state index in [4.69, 9.17) is 0 Å². The summed E-state index contributed by atoms with van der Waals surface area (Å²) >= 11 is 0. The molecule has 2 heterocycles. The van der Waals surface area contributed by atoms with Gasteiger partial charge in [-0.3, -0.25) is 4.79 Å². The van der Waals surface area contributed by atoms with E-state index in [-0.39, 0.29) is 11.3 Å². The molecular formula is C14H24N2O3. The number of aliphatic carboxylic acids is 1. The lowest BCUT2D eigenvalue weighted by molar-refractivity contribution is -0.163. The number of piperidine rings is 1. The fraction of sp³-hybridized carbons (Fsp3) is 0.857. The third-order valence-corrected chi connectivity index (χ3v) is 4.65. The van der Waals surface area contributed by atoms with Crippen molar-refractivity contribution < 1.29 is 14.7 Å². The van der Waals surface area contributed by atoms with Crippen LogP contribution in [0.15, 0.2) is 0 Å². The third kappa shape index (κ3) is 2.48. The van der Waals surface area contributed by atoms with E-state index >= 15 is 0 Å². The molecule has 1 amide bonds. The van der Waals surface area contributed by atoms with E-state index in [1.54, 1.807) is 4.90 Å². The van der Waals surface area contributed by atoms with E-state index in [1.807, 2.05) is 20.8 Å². The van der Waals surface area contributed by atoms with Crippen LogP contribution in [0.4, 0.5) is 0 Å². The Kier molecular flexibility index (Phi) is 3.60. The van der Waals surface area contributed by atoms with E-state index in [2.05, 4.69) is 5.32 Å². The van der Waals surface area contributed by atoms with Crippen molar-refractivity contribution >= 4 is 11.9 Å². The number of hydrogen-bond donors (Lipinski definition) is 2. The van der Waals surface area contributed by atoms with Gasteiger partial charge in [-0.1, -0.05) is 13.8 Å². The van der Waals surface area contributed by atoms with Gasteiger partial charge in [0.25, 0.3) is 0 Å². The van der Waals surface area contributed by atoms with Crippen LogP contribution in [0.1, 0.15) is 40.0 Å². The molecule has 19 heavy (non-hydrogen) atoms. The molecule has 2 saturated heterocycles. The predicted molar refractivity (Wildman–Crippen MR) is 71.7 cm³/mol. The molecule has 0 radical (unpaired) electrons. The van der Waals surface area contributed by atoms with Crippen molar-refractivity contribution in [2.75, 3.05) is 19.6 Å². The highest BCUT2D eigenvalue weighted by Crippen LogP contribution is 2.38. The molecule has 2 aliphatic rings. The maximum Gasteiger partial charge on any atom is 0.326 e. The van der Waals surface area contributed by atoms with E-state index in [9.17, 15) is 14.7 Å². The first-order valence-electron chi connectivity index (χ1n) is 7.03. The molecule has 0 aromatic rings. The summed E-state index contributed by atoms with van der Waals surface area (Å²) in [5.41, 5.74) is -0.802. The number of carboxylic acids is 1. The molecule has 2 unspecified atom stereocenters. The van der Waals surface area contributed by atoms with Gasteiger partial charge in [-0.05, 0) is 38.1 Å². The summed E-state index contributed by atoms with van der Waals surface area (Å²) in [6.45, 7) is 7.87. The Bertz CT molecular complexity index is 386. The number of carboxylic acid groups (broad SMARTS) is 1. The van der Waals surface area contributed by atoms with E-state index < -0.39 is 17.4 Å². The van der Waals surface area contributed by atoms with Crippen molar-refractivity contribution in [3.63, 3.8) is 0 Å². The zero-order valence-corrected chi connectivity index (χ0v) is 12.0. The first kappa shape index (κ1) is 14.3. The van der Waals surface area contributed by atoms with Crippen LogP contribution in [-0.4, -0.2) is 47.6 Å². The molecule has 2 N–H and O–H groups in total. The van der Waals surface area contributed by atoms with Crippen molar-refractivity contribution in [3.8, 4) is 0 Å². The zero-order valence-electron chi connectivity index (χ0n) is 12.0. The Morgan fingerprint density at radius 1 is 1.26 bits per heavy atom. The smallest absolute Gasteiger partial charge is 0.326 e. The van der Waals surface area contributed by atoms with Gasteiger partial charge in [-0.25, -0.2) is 4.79 Å². The molecule has 0 saturated carbocycles. The molecule has 0 spiro atoms. The van der Waals surface area contributed by atoms with Crippen LogP contribution in [0, 0.1) is 10.8 Å². The topological polar surface area (TPSA) is 69.6 Å². The molecule has 0 aromatic carbocycles. The first-order valence-corrected chi connectivity index (χ1v) is 7.03. The molecule has 108 valence electrons. The maximum atomic E-state index is 12.7. The number of nitrogens with one attached hydrogen (secondary N) is 1. The number of carbonyl (C=O) groups is 2. The molecule has 2 atom stereocenters. The minimum absolute atomic E-state index is 0.00215. The molecule has 2 rings (SSSR count). The van der Waals surface area contributed by atoms with E-state index in [0.29, 0.717) is 13.1 Å². The fourth-order valence-corrected chi connectivity index (χ4v) is 3.43. The molecular weight excluding hydrogens is 244 g/mol. The highest BCUT2D eigenvalue weighted by Gasteiger charge is 2.49. The normalized spacial score (nSPS) is 34.3. The summed E-state index contributed by atoms with van der Waals surface area (Å²) in [6, 6.07) is -0.703. The fourth-order valence-electron chi connectivity index (χ4n) is 3.43. The highest BCUT2D eigenvalue weighted by atomic mass is 16.4. The van der Waals surface area contributed by atoms with Gasteiger partial charge in [-0.15, -0.1) is 0 Å². The van der Waals surface area contributed by atoms with Gasteiger partial charge in [0.2, 0.25) is 5.91 Å². The molecule has 5 nitrogen and oxygen atoms in total. The minimum Gasteiger partial charge on any atom is -0.480 e. The zero-order chi connectivity index (χ0) is 14.3. The lowest BCUT2D eigenvalue weighted by atomic mass is 9.75. The van der Waals surface area contributed by atoms with Gasteiger partial charge in [0.15, 0.2) is 0 Å². The average Bonchev–Trinajstić information content (AvgIpc) is 2.74. The molecule has 0 bridgehead atoms. The van der Waals surface area contributed by atoms with Gasteiger partial charge in [-0.2, -0.15) is 0 Å². The van der Waals surface area contributed by atoms with Gasteiger partial charge >= 0.3 is 5.97 Å². The summed E-state index contributed by atoms with van der Waals surface area (Å²) < 4.78 is 0. The predicted octanol–water partition coefficient (Wildman–Crippen LogP) is 1.09. The molecule has 2 aliphatic heterocycles. The Balaban J connectivity index is 2.26. The SMILES string of the molecule is CC1(C(=O)N2CCCC(C)(C)C2C(=O)O)CCNC1. The molecule has 2 fully saturated rings. The highest BCUT2D eigenvalue weighted by molar-refractivity contribution is 5.88. The number of nitrogens with zero attached hydrogens (tertiary/aromatic N) is 1. The van der Waals surface area contributed by atoms with Crippen LogP contribution in [0.2, 0.25) is 0 Å². The largest absolute Gasteiger partial charge is 0.480 e. The van der Waals surface area contributed by atoms with Crippen molar-refractivity contribution in [3.05, 3.63) is 0 Å².